The third kappa shape index (κ3) is 3.13. The van der Waals surface area contributed by atoms with Gasteiger partial charge in [0.1, 0.15) is 0 Å². The van der Waals surface area contributed by atoms with Crippen LogP contribution >= 0.6 is 0 Å². The van der Waals surface area contributed by atoms with E-state index in [0.717, 1.165) is 12.1 Å². The molecular weight excluding hydrogens is 249 g/mol. The first-order valence-electron chi connectivity index (χ1n) is 6.29. The van der Waals surface area contributed by atoms with Gasteiger partial charge in [-0.05, 0) is 32.4 Å². The van der Waals surface area contributed by atoms with Gasteiger partial charge in [0.05, 0.1) is 6.29 Å². The largest absolute Gasteiger partial charge is 2.00 e. The van der Waals surface area contributed by atoms with Gasteiger partial charge in [-0.2, -0.15) is 6.07 Å². The summed E-state index contributed by atoms with van der Waals surface area (Å²) in [5.74, 6) is 0. The van der Waals surface area contributed by atoms with Crippen LogP contribution < -0.4 is 24.2 Å². The molecule has 6 heteroatoms. The predicted molar refractivity (Wildman–Crippen MR) is 69.8 cm³/mol. The number of pyridine rings is 1. The molecule has 0 aliphatic heterocycles. The van der Waals surface area contributed by atoms with E-state index in [2.05, 4.69) is 17.2 Å². The molecule has 0 bridgehead atoms. The summed E-state index contributed by atoms with van der Waals surface area (Å²) in [6, 6.07) is 1.87. The van der Waals surface area contributed by atoms with Gasteiger partial charge >= 0.3 is 18.9 Å². The van der Waals surface area contributed by atoms with E-state index >= 15 is 0 Å². The molecule has 1 N–H and O–H groups in total. The van der Waals surface area contributed by atoms with Crippen LogP contribution in [-0.2, 0) is 16.8 Å². The Morgan fingerprint density at radius 1 is 1.50 bits per heavy atom. The SMILES string of the molecule is CC1(NCc2cc([C-]=O)c3nccn3c2)CCC1.[Li+].[O-2]. The van der Waals surface area contributed by atoms with Crippen LogP contribution in [0.4, 0.5) is 0 Å². The Kier molecular flexibility index (Phi) is 5.55. The van der Waals surface area contributed by atoms with E-state index < -0.39 is 0 Å². The fourth-order valence-corrected chi connectivity index (χ4v) is 2.46. The average molecular weight is 265 g/mol. The zero-order chi connectivity index (χ0) is 12.6. The van der Waals surface area contributed by atoms with Gasteiger partial charge < -0.3 is 25.0 Å². The van der Waals surface area contributed by atoms with Gasteiger partial charge in [0.2, 0.25) is 0 Å². The second-order valence-electron chi connectivity index (χ2n) is 5.29. The monoisotopic (exact) mass is 265 g/mol. The maximum atomic E-state index is 10.9. The standard InChI is InChI=1S/C14H16N3O.Li.O/c1-14(3-2-4-14)16-8-11-7-12(10-18)13-15-5-6-17(13)9-11;;/h5-7,9,16H,2-4,8H2,1H3;;/q-1;+1;-2. The molecule has 3 rings (SSSR count). The molecule has 0 aromatic carbocycles. The summed E-state index contributed by atoms with van der Waals surface area (Å²) in [6.07, 6.45) is 11.3. The Balaban J connectivity index is 0.000001000. The minimum atomic E-state index is 0. The number of fused-ring (bicyclic) bond motifs is 1. The van der Waals surface area contributed by atoms with Crippen molar-refractivity contribution in [2.75, 3.05) is 0 Å². The van der Waals surface area contributed by atoms with Crippen molar-refractivity contribution in [2.45, 2.75) is 38.3 Å². The Labute approximate surface area is 130 Å². The number of imidazole rings is 1. The van der Waals surface area contributed by atoms with Crippen LogP contribution in [0.15, 0.2) is 24.7 Å². The summed E-state index contributed by atoms with van der Waals surface area (Å²) in [5, 5.41) is 3.56. The van der Waals surface area contributed by atoms with E-state index in [1.807, 2.05) is 29.1 Å². The van der Waals surface area contributed by atoms with Crippen molar-refractivity contribution < 1.29 is 29.1 Å². The summed E-state index contributed by atoms with van der Waals surface area (Å²) in [4.78, 5) is 15.1. The number of rotatable bonds is 4. The fourth-order valence-electron chi connectivity index (χ4n) is 2.46. The third-order valence-electron chi connectivity index (χ3n) is 3.83. The first kappa shape index (κ1) is 16.9. The molecular formula is C14H16LiN3O2-2. The molecule has 2 heterocycles. The molecule has 0 saturated heterocycles. The molecule has 2 aromatic heterocycles. The summed E-state index contributed by atoms with van der Waals surface area (Å²) in [7, 11) is 0. The number of carbonyl (C=O) groups excluding carboxylic acids is 1. The van der Waals surface area contributed by atoms with Crippen LogP contribution in [0.2, 0.25) is 0 Å². The molecule has 102 valence electrons. The van der Waals surface area contributed by atoms with E-state index in [9.17, 15) is 4.79 Å². The number of hydrogen-bond acceptors (Lipinski definition) is 3. The number of nitrogens with zero attached hydrogens (tertiary/aromatic N) is 2. The van der Waals surface area contributed by atoms with Crippen molar-refractivity contribution in [3.05, 3.63) is 35.8 Å². The molecule has 0 unspecified atom stereocenters. The smallest absolute Gasteiger partial charge is 1.00 e. The average Bonchev–Trinajstić information content (AvgIpc) is 2.81. The molecule has 2 aromatic rings. The van der Waals surface area contributed by atoms with Gasteiger partial charge in [0.15, 0.2) is 0 Å². The Morgan fingerprint density at radius 3 is 2.85 bits per heavy atom. The first-order chi connectivity index (χ1) is 8.70. The second kappa shape index (κ2) is 6.55. The van der Waals surface area contributed by atoms with Crippen molar-refractivity contribution >= 4 is 11.9 Å². The molecule has 0 radical (unpaired) electrons. The Morgan fingerprint density at radius 2 is 2.25 bits per heavy atom. The minimum Gasteiger partial charge on any atom is -2.00 e. The second-order valence-corrected chi connectivity index (χ2v) is 5.29. The van der Waals surface area contributed by atoms with Gasteiger partial charge in [0.25, 0.3) is 0 Å². The molecule has 1 aliphatic carbocycles. The normalized spacial score (nSPS) is 15.8. The number of hydrogen-bond donors (Lipinski definition) is 1. The number of nitrogens with one attached hydrogen (secondary N) is 1. The van der Waals surface area contributed by atoms with E-state index in [-0.39, 0.29) is 29.9 Å². The Hall–Kier alpha value is -1.12. The molecule has 5 nitrogen and oxygen atoms in total. The Bertz CT molecular complexity index is 593. The van der Waals surface area contributed by atoms with Crippen LogP contribution in [0.25, 0.3) is 5.65 Å². The van der Waals surface area contributed by atoms with E-state index in [4.69, 9.17) is 0 Å². The summed E-state index contributed by atoms with van der Waals surface area (Å²) >= 11 is 0. The molecule has 1 saturated carbocycles. The summed E-state index contributed by atoms with van der Waals surface area (Å²) in [6.45, 7) is 3.03. The van der Waals surface area contributed by atoms with E-state index in [0.29, 0.717) is 11.2 Å². The minimum absolute atomic E-state index is 0. The van der Waals surface area contributed by atoms with Crippen LogP contribution in [-0.4, -0.2) is 21.2 Å². The van der Waals surface area contributed by atoms with Crippen LogP contribution in [0.5, 0.6) is 0 Å². The van der Waals surface area contributed by atoms with Crippen LogP contribution in [0.3, 0.4) is 0 Å². The van der Waals surface area contributed by atoms with Crippen molar-refractivity contribution in [1.29, 1.82) is 0 Å². The van der Waals surface area contributed by atoms with Crippen molar-refractivity contribution in [1.82, 2.24) is 14.7 Å². The van der Waals surface area contributed by atoms with E-state index in [1.54, 1.807) is 6.20 Å². The topological polar surface area (TPSA) is 74.9 Å². The first-order valence-corrected chi connectivity index (χ1v) is 6.29. The van der Waals surface area contributed by atoms with Crippen LogP contribution in [0, 0.1) is 0 Å². The van der Waals surface area contributed by atoms with Crippen molar-refractivity contribution in [2.24, 2.45) is 0 Å². The summed E-state index contributed by atoms with van der Waals surface area (Å²) < 4.78 is 1.88. The fraction of sp³-hybridized carbons (Fsp3) is 0.429. The summed E-state index contributed by atoms with van der Waals surface area (Å²) in [5.41, 5.74) is 2.56. The zero-order valence-electron chi connectivity index (χ0n) is 11.8. The maximum absolute atomic E-state index is 10.9. The predicted octanol–water partition coefficient (Wildman–Crippen LogP) is -1.29. The van der Waals surface area contributed by atoms with Gasteiger partial charge in [-0.15, -0.1) is 5.56 Å². The van der Waals surface area contributed by atoms with Gasteiger partial charge in [-0.25, -0.2) is 0 Å². The molecule has 0 atom stereocenters. The van der Waals surface area contributed by atoms with Gasteiger partial charge in [0, 0.05) is 30.1 Å². The molecule has 0 amide bonds. The van der Waals surface area contributed by atoms with Gasteiger partial charge in [-0.3, -0.25) is 0 Å². The quantitative estimate of drug-likeness (QED) is 0.552. The van der Waals surface area contributed by atoms with Gasteiger partial charge in [-0.1, -0.05) is 5.56 Å². The molecule has 1 fully saturated rings. The zero-order valence-corrected chi connectivity index (χ0v) is 11.8. The van der Waals surface area contributed by atoms with Crippen LogP contribution in [0.1, 0.15) is 37.3 Å². The molecule has 20 heavy (non-hydrogen) atoms. The third-order valence-corrected chi connectivity index (χ3v) is 3.83. The molecule has 1 aliphatic rings. The number of aromatic nitrogens is 2. The van der Waals surface area contributed by atoms with Crippen molar-refractivity contribution in [3.8, 4) is 0 Å². The van der Waals surface area contributed by atoms with Crippen molar-refractivity contribution in [3.63, 3.8) is 0 Å². The maximum Gasteiger partial charge on any atom is 1.00 e. The van der Waals surface area contributed by atoms with E-state index in [1.165, 1.54) is 19.3 Å². The molecule has 0 spiro atoms.